The number of likely N-dealkylation sites (N-methyl/N-ethyl adjacent to an activating group) is 2. The van der Waals surface area contributed by atoms with Gasteiger partial charge in [-0.1, -0.05) is 12.8 Å². The molecule has 0 aromatic carbocycles. The first-order chi connectivity index (χ1) is 8.56. The maximum Gasteiger partial charge on any atom is 0.229 e. The molecule has 2 fully saturated rings. The van der Waals surface area contributed by atoms with Crippen LogP contribution in [0.2, 0.25) is 0 Å². The smallest absolute Gasteiger partial charge is 0.229 e. The molecule has 0 radical (unpaired) electrons. The van der Waals surface area contributed by atoms with Crippen molar-refractivity contribution in [1.29, 1.82) is 0 Å². The van der Waals surface area contributed by atoms with Gasteiger partial charge in [0.1, 0.15) is 0 Å². The molecule has 1 heterocycles. The van der Waals surface area contributed by atoms with Crippen molar-refractivity contribution in [2.75, 3.05) is 33.9 Å². The summed E-state index contributed by atoms with van der Waals surface area (Å²) in [6.45, 7) is 1.51. The topological polar surface area (TPSA) is 61.8 Å². The van der Waals surface area contributed by atoms with Gasteiger partial charge in [0.05, 0.1) is 24.7 Å². The highest BCUT2D eigenvalue weighted by Gasteiger charge is 2.38. The summed E-state index contributed by atoms with van der Waals surface area (Å²) in [5.74, 6) is -0.0443. The lowest BCUT2D eigenvalue weighted by atomic mass is 9.99. The molecule has 0 spiro atoms. The molecular formula is C13H24N2O3. The summed E-state index contributed by atoms with van der Waals surface area (Å²) in [5, 5.41) is 13.5. The van der Waals surface area contributed by atoms with Crippen molar-refractivity contribution in [2.45, 2.75) is 37.3 Å². The molecule has 0 aromatic rings. The maximum atomic E-state index is 12.3. The molecule has 2 atom stereocenters. The largest absolute Gasteiger partial charge is 0.388 e. The predicted octanol–water partition coefficient (Wildman–Crippen LogP) is -0.0157. The monoisotopic (exact) mass is 256 g/mol. The van der Waals surface area contributed by atoms with Crippen molar-refractivity contribution < 1.29 is 14.6 Å². The fourth-order valence-corrected chi connectivity index (χ4v) is 3.08. The van der Waals surface area contributed by atoms with Gasteiger partial charge in [-0.15, -0.1) is 0 Å². The van der Waals surface area contributed by atoms with Crippen molar-refractivity contribution in [2.24, 2.45) is 5.92 Å². The van der Waals surface area contributed by atoms with Gasteiger partial charge >= 0.3 is 0 Å². The number of carbonyl (C=O) groups is 1. The minimum absolute atomic E-state index is 0.0761. The van der Waals surface area contributed by atoms with Gasteiger partial charge in [0.2, 0.25) is 5.91 Å². The highest BCUT2D eigenvalue weighted by Crippen LogP contribution is 2.30. The molecule has 2 unspecified atom stereocenters. The SMILES string of the molecule is CNC1COCC1C(=O)N(C)CC1(O)CCCC1. The standard InChI is InChI=1S/C13H24N2O3/c1-14-11-8-18-7-10(11)12(16)15(2)9-13(17)5-3-4-6-13/h10-11,14,17H,3-9H2,1-2H3. The summed E-state index contributed by atoms with van der Waals surface area (Å²) in [6.07, 6.45) is 3.73. The van der Waals surface area contributed by atoms with E-state index in [9.17, 15) is 9.90 Å². The Morgan fingerprint density at radius 1 is 1.44 bits per heavy atom. The van der Waals surface area contributed by atoms with Crippen LogP contribution in [0.1, 0.15) is 25.7 Å². The number of hydrogen-bond donors (Lipinski definition) is 2. The Morgan fingerprint density at radius 2 is 2.11 bits per heavy atom. The fourth-order valence-electron chi connectivity index (χ4n) is 3.08. The molecule has 2 N–H and O–H groups in total. The van der Waals surface area contributed by atoms with Crippen LogP contribution in [-0.2, 0) is 9.53 Å². The van der Waals surface area contributed by atoms with E-state index in [0.717, 1.165) is 25.7 Å². The molecule has 0 aromatic heterocycles. The van der Waals surface area contributed by atoms with E-state index in [1.807, 2.05) is 7.05 Å². The lowest BCUT2D eigenvalue weighted by molar-refractivity contribution is -0.137. The van der Waals surface area contributed by atoms with Crippen molar-refractivity contribution >= 4 is 5.91 Å². The summed E-state index contributed by atoms with van der Waals surface area (Å²) >= 11 is 0. The average Bonchev–Trinajstić information content (AvgIpc) is 2.96. The van der Waals surface area contributed by atoms with E-state index in [0.29, 0.717) is 19.8 Å². The minimum atomic E-state index is -0.668. The number of amides is 1. The summed E-state index contributed by atoms with van der Waals surface area (Å²) in [6, 6.07) is 0.0955. The Hall–Kier alpha value is -0.650. The van der Waals surface area contributed by atoms with Crippen LogP contribution in [0.25, 0.3) is 0 Å². The molecule has 104 valence electrons. The zero-order valence-corrected chi connectivity index (χ0v) is 11.3. The van der Waals surface area contributed by atoms with Crippen molar-refractivity contribution in [3.8, 4) is 0 Å². The van der Waals surface area contributed by atoms with E-state index in [-0.39, 0.29) is 17.9 Å². The van der Waals surface area contributed by atoms with E-state index in [1.165, 1.54) is 0 Å². The van der Waals surface area contributed by atoms with Crippen LogP contribution >= 0.6 is 0 Å². The average molecular weight is 256 g/mol. The first kappa shape index (κ1) is 13.8. The Bertz CT molecular complexity index is 303. The second kappa shape index (κ2) is 5.55. The van der Waals surface area contributed by atoms with Gasteiger partial charge in [-0.25, -0.2) is 0 Å². The van der Waals surface area contributed by atoms with Crippen LogP contribution in [0.4, 0.5) is 0 Å². The molecule has 1 aliphatic carbocycles. The summed E-state index contributed by atoms with van der Waals surface area (Å²) in [7, 11) is 3.63. The molecule has 18 heavy (non-hydrogen) atoms. The van der Waals surface area contributed by atoms with Gasteiger partial charge in [-0.3, -0.25) is 4.79 Å². The Morgan fingerprint density at radius 3 is 2.72 bits per heavy atom. The Kier molecular flexibility index (Phi) is 4.25. The number of nitrogens with zero attached hydrogens (tertiary/aromatic N) is 1. The van der Waals surface area contributed by atoms with Crippen LogP contribution in [0.3, 0.4) is 0 Å². The third-order valence-corrected chi connectivity index (χ3v) is 4.21. The molecule has 0 bridgehead atoms. The molecule has 5 heteroatoms. The maximum absolute atomic E-state index is 12.3. The summed E-state index contributed by atoms with van der Waals surface area (Å²) < 4.78 is 5.35. The normalized spacial score (nSPS) is 30.6. The van der Waals surface area contributed by atoms with E-state index in [2.05, 4.69) is 5.32 Å². The van der Waals surface area contributed by atoms with Gasteiger partial charge in [0.15, 0.2) is 0 Å². The van der Waals surface area contributed by atoms with E-state index in [4.69, 9.17) is 4.74 Å². The van der Waals surface area contributed by atoms with E-state index < -0.39 is 5.60 Å². The molecule has 2 rings (SSSR count). The zero-order valence-electron chi connectivity index (χ0n) is 11.3. The number of ether oxygens (including phenoxy) is 1. The molecule has 1 saturated carbocycles. The van der Waals surface area contributed by atoms with E-state index >= 15 is 0 Å². The summed E-state index contributed by atoms with van der Waals surface area (Å²) in [4.78, 5) is 14.0. The van der Waals surface area contributed by atoms with Crippen LogP contribution < -0.4 is 5.32 Å². The number of carbonyl (C=O) groups excluding carboxylic acids is 1. The highest BCUT2D eigenvalue weighted by molar-refractivity contribution is 5.79. The van der Waals surface area contributed by atoms with E-state index in [1.54, 1.807) is 11.9 Å². The first-order valence-electron chi connectivity index (χ1n) is 6.78. The molecular weight excluding hydrogens is 232 g/mol. The van der Waals surface area contributed by atoms with Crippen LogP contribution in [-0.4, -0.2) is 61.4 Å². The number of rotatable bonds is 4. The molecule has 2 aliphatic rings. The number of aliphatic hydroxyl groups is 1. The molecule has 5 nitrogen and oxygen atoms in total. The fraction of sp³-hybridized carbons (Fsp3) is 0.923. The Balaban J connectivity index is 1.92. The second-order valence-corrected chi connectivity index (χ2v) is 5.66. The first-order valence-corrected chi connectivity index (χ1v) is 6.78. The molecule has 1 saturated heterocycles. The van der Waals surface area contributed by atoms with Gasteiger partial charge in [-0.2, -0.15) is 0 Å². The second-order valence-electron chi connectivity index (χ2n) is 5.66. The van der Waals surface area contributed by atoms with Crippen LogP contribution in [0.5, 0.6) is 0 Å². The lowest BCUT2D eigenvalue weighted by Crippen LogP contribution is -2.48. The minimum Gasteiger partial charge on any atom is -0.388 e. The van der Waals surface area contributed by atoms with Crippen molar-refractivity contribution in [3.05, 3.63) is 0 Å². The lowest BCUT2D eigenvalue weighted by Gasteiger charge is -2.31. The van der Waals surface area contributed by atoms with Gasteiger partial charge in [0.25, 0.3) is 0 Å². The quantitative estimate of drug-likeness (QED) is 0.742. The molecule has 1 amide bonds. The van der Waals surface area contributed by atoms with Crippen molar-refractivity contribution in [3.63, 3.8) is 0 Å². The Labute approximate surface area is 108 Å². The highest BCUT2D eigenvalue weighted by atomic mass is 16.5. The van der Waals surface area contributed by atoms with Gasteiger partial charge < -0.3 is 20.1 Å². The molecule has 1 aliphatic heterocycles. The zero-order chi connectivity index (χ0) is 13.2. The van der Waals surface area contributed by atoms with Gasteiger partial charge in [0, 0.05) is 19.6 Å². The van der Waals surface area contributed by atoms with Crippen LogP contribution in [0, 0.1) is 5.92 Å². The number of nitrogens with one attached hydrogen (secondary N) is 1. The third-order valence-electron chi connectivity index (χ3n) is 4.21. The predicted molar refractivity (Wildman–Crippen MR) is 68.2 cm³/mol. The summed E-state index contributed by atoms with van der Waals surface area (Å²) in [5.41, 5.74) is -0.668. The van der Waals surface area contributed by atoms with Crippen molar-refractivity contribution in [1.82, 2.24) is 10.2 Å². The van der Waals surface area contributed by atoms with Crippen LogP contribution in [0.15, 0.2) is 0 Å². The third kappa shape index (κ3) is 2.84. The number of hydrogen-bond acceptors (Lipinski definition) is 4. The van der Waals surface area contributed by atoms with Gasteiger partial charge in [-0.05, 0) is 19.9 Å².